The lowest BCUT2D eigenvalue weighted by atomic mass is 9.76. The van der Waals surface area contributed by atoms with Gasteiger partial charge >= 0.3 is 0 Å². The van der Waals surface area contributed by atoms with Crippen LogP contribution >= 0.6 is 0 Å². The highest BCUT2D eigenvalue weighted by Crippen LogP contribution is 2.46. The monoisotopic (exact) mass is 393 g/mol. The zero-order valence-corrected chi connectivity index (χ0v) is 17.3. The topological polar surface area (TPSA) is 38.8 Å². The number of carbonyl (C=O) groups is 1. The van der Waals surface area contributed by atoms with Gasteiger partial charge in [-0.05, 0) is 37.3 Å². The lowest BCUT2D eigenvalue weighted by Gasteiger charge is -2.43. The van der Waals surface area contributed by atoms with Crippen LogP contribution in [0.4, 0.5) is 0 Å². The number of hydrogen-bond acceptors (Lipinski definition) is 3. The van der Waals surface area contributed by atoms with E-state index < -0.39 is 0 Å². The van der Waals surface area contributed by atoms with Gasteiger partial charge in [0.1, 0.15) is 12.4 Å². The first kappa shape index (κ1) is 20.0. The standard InChI is InChI=1S/C25H31NO3/c1-28-23-13-7-14-25(23)15-8-16-26(19-25)24(27)17-21-11-5-6-12-22(21)29-18-20-9-3-2-4-10-20/h2-6,9-12,23H,7-8,13-19H2,1H3/t23-,25-/m1/s1. The summed E-state index contributed by atoms with van der Waals surface area (Å²) >= 11 is 0. The molecule has 0 bridgehead atoms. The van der Waals surface area contributed by atoms with Gasteiger partial charge in [0.2, 0.25) is 5.91 Å². The fraction of sp³-hybridized carbons (Fsp3) is 0.480. The van der Waals surface area contributed by atoms with E-state index in [0.29, 0.717) is 19.1 Å². The molecule has 154 valence electrons. The summed E-state index contributed by atoms with van der Waals surface area (Å²) in [4.78, 5) is 15.2. The Hall–Kier alpha value is -2.33. The number of likely N-dealkylation sites (tertiary alicyclic amines) is 1. The van der Waals surface area contributed by atoms with E-state index in [1.807, 2.05) is 49.6 Å². The van der Waals surface area contributed by atoms with Gasteiger partial charge in [0, 0.05) is 31.2 Å². The Kier molecular flexibility index (Phi) is 6.19. The van der Waals surface area contributed by atoms with E-state index in [1.165, 1.54) is 19.3 Å². The Morgan fingerprint density at radius 1 is 1.07 bits per heavy atom. The summed E-state index contributed by atoms with van der Waals surface area (Å²) in [6.45, 7) is 2.19. The van der Waals surface area contributed by atoms with Gasteiger partial charge in [0.05, 0.1) is 12.5 Å². The molecule has 2 fully saturated rings. The highest BCUT2D eigenvalue weighted by atomic mass is 16.5. The molecule has 0 radical (unpaired) electrons. The first-order valence-corrected chi connectivity index (χ1v) is 10.8. The van der Waals surface area contributed by atoms with Crippen LogP contribution in [0.3, 0.4) is 0 Å². The third-order valence-electron chi connectivity index (χ3n) is 6.62. The van der Waals surface area contributed by atoms with Crippen molar-refractivity contribution >= 4 is 5.91 Å². The number of para-hydroxylation sites is 1. The highest BCUT2D eigenvalue weighted by Gasteiger charge is 2.46. The molecule has 1 amide bonds. The number of rotatable bonds is 6. The minimum Gasteiger partial charge on any atom is -0.489 e. The minimum atomic E-state index is 0.159. The predicted octanol–water partition coefficient (Wildman–Crippen LogP) is 4.62. The van der Waals surface area contributed by atoms with Crippen molar-refractivity contribution in [3.8, 4) is 5.75 Å². The first-order chi connectivity index (χ1) is 14.2. The van der Waals surface area contributed by atoms with Crippen molar-refractivity contribution in [1.82, 2.24) is 4.90 Å². The van der Waals surface area contributed by atoms with Gasteiger partial charge in [0.15, 0.2) is 0 Å². The third kappa shape index (κ3) is 4.48. The quantitative estimate of drug-likeness (QED) is 0.719. The molecule has 2 aromatic rings. The maximum atomic E-state index is 13.2. The molecule has 0 N–H and O–H groups in total. The second kappa shape index (κ2) is 9.00. The van der Waals surface area contributed by atoms with Gasteiger partial charge in [-0.2, -0.15) is 0 Å². The van der Waals surface area contributed by atoms with E-state index in [9.17, 15) is 4.79 Å². The molecule has 1 spiro atoms. The number of benzene rings is 2. The lowest BCUT2D eigenvalue weighted by molar-refractivity contribution is -0.136. The van der Waals surface area contributed by atoms with Crippen LogP contribution in [0.5, 0.6) is 5.75 Å². The van der Waals surface area contributed by atoms with E-state index in [2.05, 4.69) is 17.0 Å². The van der Waals surface area contributed by atoms with E-state index in [0.717, 1.165) is 42.8 Å². The molecule has 1 aliphatic carbocycles. The fourth-order valence-corrected chi connectivity index (χ4v) is 5.12. The Morgan fingerprint density at radius 2 is 1.83 bits per heavy atom. The first-order valence-electron chi connectivity index (χ1n) is 10.8. The van der Waals surface area contributed by atoms with Crippen molar-refractivity contribution < 1.29 is 14.3 Å². The van der Waals surface area contributed by atoms with Crippen LogP contribution in [0.25, 0.3) is 0 Å². The SMILES string of the molecule is CO[C@@H]1CCC[C@]12CCCN(C(=O)Cc1ccccc1OCc1ccccc1)C2. The average Bonchev–Trinajstić information content (AvgIpc) is 3.15. The van der Waals surface area contributed by atoms with E-state index in [-0.39, 0.29) is 11.3 Å². The smallest absolute Gasteiger partial charge is 0.227 e. The molecule has 1 aliphatic heterocycles. The Balaban J connectivity index is 1.42. The number of nitrogens with zero attached hydrogens (tertiary/aromatic N) is 1. The second-order valence-electron chi connectivity index (χ2n) is 8.46. The summed E-state index contributed by atoms with van der Waals surface area (Å²) in [6.07, 6.45) is 6.42. The zero-order valence-electron chi connectivity index (χ0n) is 17.3. The molecular formula is C25H31NO3. The Labute approximate surface area is 173 Å². The van der Waals surface area contributed by atoms with Crippen molar-refractivity contribution in [3.63, 3.8) is 0 Å². The van der Waals surface area contributed by atoms with Gasteiger partial charge in [-0.1, -0.05) is 55.0 Å². The molecule has 2 atom stereocenters. The molecule has 29 heavy (non-hydrogen) atoms. The molecule has 2 aromatic carbocycles. The van der Waals surface area contributed by atoms with Gasteiger partial charge in [0.25, 0.3) is 0 Å². The second-order valence-corrected chi connectivity index (χ2v) is 8.46. The molecule has 4 rings (SSSR count). The number of amides is 1. The molecule has 1 saturated heterocycles. The molecule has 0 unspecified atom stereocenters. The van der Waals surface area contributed by atoms with Crippen molar-refractivity contribution in [2.75, 3.05) is 20.2 Å². The normalized spacial score (nSPS) is 24.0. The maximum Gasteiger partial charge on any atom is 0.227 e. The maximum absolute atomic E-state index is 13.2. The van der Waals surface area contributed by atoms with Crippen LogP contribution in [-0.2, 0) is 22.6 Å². The number of hydrogen-bond donors (Lipinski definition) is 0. The number of methoxy groups -OCH3 is 1. The molecule has 4 nitrogen and oxygen atoms in total. The summed E-state index contributed by atoms with van der Waals surface area (Å²) in [7, 11) is 1.82. The Bertz CT molecular complexity index is 822. The van der Waals surface area contributed by atoms with E-state index in [1.54, 1.807) is 0 Å². The number of carbonyl (C=O) groups excluding carboxylic acids is 1. The summed E-state index contributed by atoms with van der Waals surface area (Å²) in [5, 5.41) is 0. The Morgan fingerprint density at radius 3 is 2.66 bits per heavy atom. The van der Waals surface area contributed by atoms with E-state index in [4.69, 9.17) is 9.47 Å². The zero-order chi connectivity index (χ0) is 20.1. The molecule has 1 saturated carbocycles. The molecule has 0 aromatic heterocycles. The van der Waals surface area contributed by atoms with Gasteiger partial charge < -0.3 is 14.4 Å². The van der Waals surface area contributed by atoms with Crippen LogP contribution in [0.1, 0.15) is 43.2 Å². The summed E-state index contributed by atoms with van der Waals surface area (Å²) in [5.41, 5.74) is 2.24. The number of ether oxygens (including phenoxy) is 2. The van der Waals surface area contributed by atoms with Crippen molar-refractivity contribution in [3.05, 3.63) is 65.7 Å². The summed E-state index contributed by atoms with van der Waals surface area (Å²) < 4.78 is 11.8. The highest BCUT2D eigenvalue weighted by molar-refractivity contribution is 5.79. The van der Waals surface area contributed by atoms with Gasteiger partial charge in [-0.25, -0.2) is 0 Å². The van der Waals surface area contributed by atoms with Crippen LogP contribution in [0.2, 0.25) is 0 Å². The van der Waals surface area contributed by atoms with Gasteiger partial charge in [-0.3, -0.25) is 4.79 Å². The van der Waals surface area contributed by atoms with Crippen molar-refractivity contribution in [2.24, 2.45) is 5.41 Å². The van der Waals surface area contributed by atoms with Crippen molar-refractivity contribution in [2.45, 2.75) is 51.2 Å². The van der Waals surface area contributed by atoms with Crippen molar-refractivity contribution in [1.29, 1.82) is 0 Å². The minimum absolute atomic E-state index is 0.159. The van der Waals surface area contributed by atoms with E-state index >= 15 is 0 Å². The average molecular weight is 394 g/mol. The molecular weight excluding hydrogens is 362 g/mol. The molecule has 4 heteroatoms. The van der Waals surface area contributed by atoms with Crippen LogP contribution in [0, 0.1) is 5.41 Å². The van der Waals surface area contributed by atoms with Crippen LogP contribution < -0.4 is 4.74 Å². The van der Waals surface area contributed by atoms with Crippen LogP contribution in [-0.4, -0.2) is 37.1 Å². The summed E-state index contributed by atoms with van der Waals surface area (Å²) in [5.74, 6) is 0.994. The summed E-state index contributed by atoms with van der Waals surface area (Å²) in [6, 6.07) is 18.0. The largest absolute Gasteiger partial charge is 0.489 e. The van der Waals surface area contributed by atoms with Gasteiger partial charge in [-0.15, -0.1) is 0 Å². The molecule has 2 aliphatic rings. The predicted molar refractivity (Wildman–Crippen MR) is 114 cm³/mol. The molecule has 1 heterocycles. The fourth-order valence-electron chi connectivity index (χ4n) is 5.12. The number of piperidine rings is 1. The lowest BCUT2D eigenvalue weighted by Crippen LogP contribution is -2.50. The van der Waals surface area contributed by atoms with Crippen LogP contribution in [0.15, 0.2) is 54.6 Å². The third-order valence-corrected chi connectivity index (χ3v) is 6.62.